The molecule has 1 fully saturated rings. The third kappa shape index (κ3) is 32.5. The van der Waals surface area contributed by atoms with Crippen LogP contribution in [0.2, 0.25) is 0 Å². The molecular weight excluding hydrogens is 1520 g/mol. The van der Waals surface area contributed by atoms with Crippen molar-refractivity contribution < 1.29 is 126 Å². The zero-order valence-electron chi connectivity index (χ0n) is 63.6. The van der Waals surface area contributed by atoms with E-state index < -0.39 is 261 Å². The summed E-state index contributed by atoms with van der Waals surface area (Å²) in [6.45, 7) is 1.11. The summed E-state index contributed by atoms with van der Waals surface area (Å²) in [5.41, 5.74) is 18.1. The van der Waals surface area contributed by atoms with Crippen LogP contribution in [0.4, 0.5) is 5.69 Å². The van der Waals surface area contributed by atoms with Crippen molar-refractivity contribution in [3.05, 3.63) is 65.9 Å². The molecule has 1 aromatic heterocycles. The average Bonchev–Trinajstić information content (AvgIpc) is 1.72. The smallest absolute Gasteiger partial charge is 0.329 e. The number of benzene rings is 2. The lowest BCUT2D eigenvalue weighted by Gasteiger charge is -2.30. The molecule has 2 aromatic carbocycles. The number of aliphatic hydroxyl groups is 1. The number of ketones is 1. The Balaban J connectivity index is 1.87. The number of Topliss-reactive ketones (excluding diaryl/α,β-unsaturated/α-hetero) is 1. The summed E-state index contributed by atoms with van der Waals surface area (Å²) in [7, 11) is 0. The minimum Gasteiger partial charge on any atom is -0.481 e. The molecule has 43 heteroatoms. The number of hydrogen-bond donors (Lipinski definition) is 22. The number of ether oxygens (including phenoxy) is 1. The third-order valence-electron chi connectivity index (χ3n) is 17.9. The van der Waals surface area contributed by atoms with Crippen LogP contribution in [0.5, 0.6) is 0 Å². The van der Waals surface area contributed by atoms with E-state index in [9.17, 15) is 121 Å². The molecule has 1 unspecified atom stereocenters. The predicted molar refractivity (Wildman–Crippen MR) is 400 cm³/mol. The number of hydrogen-bond acceptors (Lipinski definition) is 24. The molecule has 2 heterocycles. The van der Waals surface area contributed by atoms with Crippen LogP contribution in [-0.2, 0) is 102 Å². The van der Waals surface area contributed by atoms with Gasteiger partial charge in [0.15, 0.2) is 5.78 Å². The minimum absolute atomic E-state index is 0.0186. The fraction of sp³-hybridized carbons (Fsp3) is 0.528. The van der Waals surface area contributed by atoms with Gasteiger partial charge in [0.25, 0.3) is 0 Å². The van der Waals surface area contributed by atoms with E-state index in [-0.39, 0.29) is 37.1 Å². The van der Waals surface area contributed by atoms with E-state index in [0.717, 1.165) is 52.9 Å². The molecule has 14 amide bonds. The number of carbonyl (C=O) groups excluding carboxylic acids is 16. The van der Waals surface area contributed by atoms with Gasteiger partial charge in [-0.2, -0.15) is 0 Å². The predicted octanol–water partition coefficient (Wildman–Crippen LogP) is -5.62. The highest BCUT2D eigenvalue weighted by atomic mass is 16.5. The van der Waals surface area contributed by atoms with Crippen LogP contribution in [0.1, 0.15) is 146 Å². The highest BCUT2D eigenvalue weighted by Gasteiger charge is 2.41. The molecule has 630 valence electrons. The number of amides is 14. The summed E-state index contributed by atoms with van der Waals surface area (Å²) in [5, 5.41) is 78.7. The standard InChI is InChI=1S/C72H101N17O26/c1-5-6-7-8-9-10-11-22-53(93)81-44(25-38-31-76-42-20-15-13-17-39(38)42)66(108)84-45(27-52(75)92)67(109)86-48(30-59(102)103)68(110)89-61-37(4)115-72(114)49(26-51(91)40-18-12-14-19-41(40)74)87-71(113)60(35(2)24-56(96)97)88-69(111)50(34-90)82-55(95)32-77-63(105)46(28-57(98)99)83-62(104)36(3)79-65(107)47(29-58(100)101)85-64(106)43(21-16-23-73)80-54(94)33-78-70(61)112/h12-15,17-20,31,35-37,43-50,60-61,76,90H,5-11,16,21-30,32-34,73-74H2,1-4H3,(H2,75,92)(H,77,105)(H,78,112)(H,79,107)(H,80,94)(H,81,93)(H,82,95)(H,83,104)(H,84,108)(H,85,106)(H,86,109)(H,87,113)(H,88,111)(H,89,110)(H,96,97)(H,98,99)(H,100,101)(H,102,103)/t35?,36-,37-,43+,44+,45+,46+,47+,48+,49+,50-,60+,61+/m1/s1. The molecule has 1 aliphatic heterocycles. The molecule has 13 atom stereocenters. The topological polar surface area (TPSA) is 702 Å². The van der Waals surface area contributed by atoms with Gasteiger partial charge in [0, 0.05) is 47.6 Å². The molecule has 1 aliphatic rings. The van der Waals surface area contributed by atoms with Gasteiger partial charge in [-0.05, 0) is 69.3 Å². The Kier molecular flexibility index (Phi) is 39.2. The van der Waals surface area contributed by atoms with E-state index in [0.29, 0.717) is 29.3 Å². The normalized spacial score (nSPS) is 21.2. The number of nitrogens with one attached hydrogen (secondary N) is 14. The van der Waals surface area contributed by atoms with Crippen molar-refractivity contribution >= 4 is 135 Å². The van der Waals surface area contributed by atoms with Crippen molar-refractivity contribution in [2.45, 2.75) is 209 Å². The average molecular weight is 1620 g/mol. The van der Waals surface area contributed by atoms with E-state index in [2.05, 4.69) is 65.1 Å². The molecule has 3 aromatic rings. The number of carboxylic acids is 4. The number of aromatic nitrogens is 1. The van der Waals surface area contributed by atoms with Crippen LogP contribution in [-0.4, -0.2) is 248 Å². The van der Waals surface area contributed by atoms with Gasteiger partial charge in [-0.1, -0.05) is 82.7 Å². The number of para-hydroxylation sites is 2. The Labute approximate surface area is 657 Å². The summed E-state index contributed by atoms with van der Waals surface area (Å²) < 4.78 is 5.68. The number of nitrogen functional groups attached to an aromatic ring is 1. The molecule has 0 saturated carbocycles. The molecule has 25 N–H and O–H groups in total. The fourth-order valence-electron chi connectivity index (χ4n) is 11.7. The van der Waals surface area contributed by atoms with E-state index in [1.165, 1.54) is 24.3 Å². The number of aliphatic carboxylic acids is 4. The van der Waals surface area contributed by atoms with Crippen LogP contribution in [0, 0.1) is 5.92 Å². The summed E-state index contributed by atoms with van der Waals surface area (Å²) >= 11 is 0. The number of unbranched alkanes of at least 4 members (excludes halogenated alkanes) is 6. The number of aromatic amines is 1. The molecule has 43 nitrogen and oxygen atoms in total. The second-order valence-electron chi connectivity index (χ2n) is 27.2. The number of primary amides is 1. The van der Waals surface area contributed by atoms with Gasteiger partial charge in [-0.25, -0.2) is 4.79 Å². The first-order valence-corrected chi connectivity index (χ1v) is 36.8. The quantitative estimate of drug-likeness (QED) is 0.0113. The van der Waals surface area contributed by atoms with E-state index in [4.69, 9.17) is 21.9 Å². The first-order valence-electron chi connectivity index (χ1n) is 36.8. The van der Waals surface area contributed by atoms with Gasteiger partial charge in [-0.3, -0.25) is 91.1 Å². The van der Waals surface area contributed by atoms with Crippen LogP contribution >= 0.6 is 0 Å². The molecule has 1 saturated heterocycles. The Hall–Kier alpha value is -12.7. The molecule has 0 radical (unpaired) electrons. The molecule has 115 heavy (non-hydrogen) atoms. The maximum Gasteiger partial charge on any atom is 0.329 e. The Bertz CT molecular complexity index is 4040. The molecule has 0 bridgehead atoms. The van der Waals surface area contributed by atoms with Crippen LogP contribution in [0.3, 0.4) is 0 Å². The number of esters is 1. The first-order chi connectivity index (χ1) is 54.4. The number of aliphatic hydroxyl groups excluding tert-OH is 1. The second-order valence-corrected chi connectivity index (χ2v) is 27.2. The van der Waals surface area contributed by atoms with Gasteiger partial charge in [-0.15, -0.1) is 0 Å². The number of carboxylic acid groups (broad SMARTS) is 4. The lowest BCUT2D eigenvalue weighted by molar-refractivity contribution is -0.156. The summed E-state index contributed by atoms with van der Waals surface area (Å²) in [5.74, 6) is -29.7. The second kappa shape index (κ2) is 47.6. The van der Waals surface area contributed by atoms with Gasteiger partial charge < -0.3 is 122 Å². The summed E-state index contributed by atoms with van der Waals surface area (Å²) in [6.07, 6.45) is -2.33. The van der Waals surface area contributed by atoms with Crippen molar-refractivity contribution in [1.29, 1.82) is 0 Å². The zero-order valence-corrected chi connectivity index (χ0v) is 63.6. The maximum atomic E-state index is 14.8. The highest BCUT2D eigenvalue weighted by molar-refractivity contribution is 6.05. The number of carbonyl (C=O) groups is 20. The maximum absolute atomic E-state index is 14.8. The SMILES string of the molecule is CCCCCCCCCC(=O)N[C@@H](Cc1c[nH]c2ccccc12)C(=O)N[C@@H](CC(N)=O)C(=O)N[C@@H](CC(=O)O)C(=O)N[C@@H]1C(=O)NCC(=O)N[C@@H](CCCN)C(=O)N[C@@H](CC(=O)O)C(=O)N[C@H](C)C(=O)N[C@@H](CC(=O)O)C(=O)NCC(=O)N[C@H](CO)C(=O)N[C@@H](C(C)CC(=O)O)C(=O)N[C@@H](CC(=O)c2ccccc2N)C(=O)O[C@@H]1C. The van der Waals surface area contributed by atoms with Crippen LogP contribution in [0.15, 0.2) is 54.7 Å². The fourth-order valence-corrected chi connectivity index (χ4v) is 11.7. The van der Waals surface area contributed by atoms with E-state index in [1.807, 2.05) is 16.0 Å². The van der Waals surface area contributed by atoms with E-state index >= 15 is 0 Å². The van der Waals surface area contributed by atoms with Crippen molar-refractivity contribution in [3.63, 3.8) is 0 Å². The van der Waals surface area contributed by atoms with Crippen LogP contribution in [0.25, 0.3) is 10.9 Å². The summed E-state index contributed by atoms with van der Waals surface area (Å²) in [6, 6.07) is -10.5. The first kappa shape index (κ1) is 94.7. The van der Waals surface area contributed by atoms with Crippen molar-refractivity contribution in [3.8, 4) is 0 Å². The lowest BCUT2D eigenvalue weighted by Crippen LogP contribution is -2.62. The van der Waals surface area contributed by atoms with Gasteiger partial charge in [0.1, 0.15) is 72.6 Å². The monoisotopic (exact) mass is 1620 g/mol. The largest absolute Gasteiger partial charge is 0.481 e. The molecule has 0 spiro atoms. The van der Waals surface area contributed by atoms with Crippen molar-refractivity contribution in [2.75, 3.05) is 32.0 Å². The van der Waals surface area contributed by atoms with E-state index in [1.54, 1.807) is 30.5 Å². The number of anilines is 1. The number of cyclic esters (lactones) is 1. The third-order valence-corrected chi connectivity index (χ3v) is 17.9. The summed E-state index contributed by atoms with van der Waals surface area (Å²) in [4.78, 5) is 276. The Morgan fingerprint density at radius 2 is 1.09 bits per heavy atom. The van der Waals surface area contributed by atoms with Gasteiger partial charge >= 0.3 is 29.8 Å². The van der Waals surface area contributed by atoms with Gasteiger partial charge in [0.05, 0.1) is 51.8 Å². The van der Waals surface area contributed by atoms with Crippen LogP contribution < -0.4 is 86.3 Å². The number of rotatable bonds is 35. The minimum atomic E-state index is -2.45. The van der Waals surface area contributed by atoms with Crippen molar-refractivity contribution in [2.24, 2.45) is 17.4 Å². The number of fused-ring (bicyclic) bond motifs is 1. The number of nitrogens with two attached hydrogens (primary N) is 3. The Morgan fingerprint density at radius 1 is 0.548 bits per heavy atom. The zero-order chi connectivity index (χ0) is 85.8. The van der Waals surface area contributed by atoms with Gasteiger partial charge in [0.2, 0.25) is 82.7 Å². The molecule has 0 aliphatic carbocycles. The lowest BCUT2D eigenvalue weighted by atomic mass is 9.96. The molecule has 4 rings (SSSR count). The Morgan fingerprint density at radius 3 is 1.69 bits per heavy atom. The van der Waals surface area contributed by atoms with Crippen molar-refractivity contribution in [1.82, 2.24) is 74.1 Å². The molecular formula is C72H101N17O26. The number of H-pyrrole nitrogens is 1. The highest BCUT2D eigenvalue weighted by Crippen LogP contribution is 2.22.